The molecule has 0 amide bonds. The second-order valence-electron chi connectivity index (χ2n) is 4.04. The van der Waals surface area contributed by atoms with Crippen LogP contribution in [0.3, 0.4) is 0 Å². The fraction of sp³-hybridized carbons (Fsp3) is 0.200. The summed E-state index contributed by atoms with van der Waals surface area (Å²) >= 11 is 12.1. The summed E-state index contributed by atoms with van der Waals surface area (Å²) in [5.41, 5.74) is 1.08. The van der Waals surface area contributed by atoms with Gasteiger partial charge in [0.05, 0.1) is 5.02 Å². The molecule has 0 saturated carbocycles. The van der Waals surface area contributed by atoms with E-state index in [1.807, 2.05) is 30.3 Å². The lowest BCUT2D eigenvalue weighted by atomic mass is 10.2. The molecule has 0 fully saturated rings. The first-order valence-electron chi connectivity index (χ1n) is 6.13. The SMILES string of the molecule is CCNCc1ccccc1Oc1cccc(Cl)c1Cl. The molecule has 0 saturated heterocycles. The highest BCUT2D eigenvalue weighted by molar-refractivity contribution is 6.42. The molecule has 0 heterocycles. The standard InChI is InChI=1S/C15H15Cl2NO/c1-2-18-10-11-6-3-4-8-13(11)19-14-9-5-7-12(16)15(14)17/h3-9,18H,2,10H2,1H3. The smallest absolute Gasteiger partial charge is 0.147 e. The molecule has 100 valence electrons. The lowest BCUT2D eigenvalue weighted by Crippen LogP contribution is -2.12. The molecule has 2 nitrogen and oxygen atoms in total. The van der Waals surface area contributed by atoms with Crippen molar-refractivity contribution in [1.82, 2.24) is 5.32 Å². The summed E-state index contributed by atoms with van der Waals surface area (Å²) in [7, 11) is 0. The number of benzene rings is 2. The average molecular weight is 296 g/mol. The summed E-state index contributed by atoms with van der Waals surface area (Å²) in [4.78, 5) is 0. The Labute approximate surface area is 123 Å². The highest BCUT2D eigenvalue weighted by atomic mass is 35.5. The van der Waals surface area contributed by atoms with Crippen LogP contribution in [0.4, 0.5) is 0 Å². The molecule has 0 aliphatic rings. The van der Waals surface area contributed by atoms with Crippen LogP contribution in [0, 0.1) is 0 Å². The predicted octanol–water partition coefficient (Wildman–Crippen LogP) is 4.90. The molecule has 1 N–H and O–H groups in total. The first-order chi connectivity index (χ1) is 9.22. The summed E-state index contributed by atoms with van der Waals surface area (Å²) in [6.07, 6.45) is 0. The normalized spacial score (nSPS) is 10.5. The van der Waals surface area contributed by atoms with Crippen molar-refractivity contribution in [3.8, 4) is 11.5 Å². The molecule has 0 atom stereocenters. The van der Waals surface area contributed by atoms with Crippen molar-refractivity contribution in [1.29, 1.82) is 0 Å². The number of para-hydroxylation sites is 1. The van der Waals surface area contributed by atoms with Crippen LogP contribution in [0.25, 0.3) is 0 Å². The summed E-state index contributed by atoms with van der Waals surface area (Å²) in [6, 6.07) is 13.2. The van der Waals surface area contributed by atoms with Gasteiger partial charge < -0.3 is 10.1 Å². The Morgan fingerprint density at radius 1 is 1.00 bits per heavy atom. The molecule has 4 heteroatoms. The zero-order valence-electron chi connectivity index (χ0n) is 10.6. The van der Waals surface area contributed by atoms with E-state index in [0.717, 1.165) is 24.4 Å². The van der Waals surface area contributed by atoms with E-state index in [1.54, 1.807) is 12.1 Å². The van der Waals surface area contributed by atoms with Crippen LogP contribution in [0.15, 0.2) is 42.5 Å². The Bertz CT molecular complexity index is 558. The van der Waals surface area contributed by atoms with Crippen molar-refractivity contribution in [3.63, 3.8) is 0 Å². The van der Waals surface area contributed by atoms with Crippen LogP contribution < -0.4 is 10.1 Å². The number of rotatable bonds is 5. The maximum Gasteiger partial charge on any atom is 0.147 e. The summed E-state index contributed by atoms with van der Waals surface area (Å²) < 4.78 is 5.86. The topological polar surface area (TPSA) is 21.3 Å². The zero-order valence-corrected chi connectivity index (χ0v) is 12.1. The van der Waals surface area contributed by atoms with Crippen LogP contribution >= 0.6 is 23.2 Å². The van der Waals surface area contributed by atoms with Gasteiger partial charge in [0, 0.05) is 12.1 Å². The van der Waals surface area contributed by atoms with Gasteiger partial charge in [-0.2, -0.15) is 0 Å². The lowest BCUT2D eigenvalue weighted by Gasteiger charge is -2.12. The minimum Gasteiger partial charge on any atom is -0.455 e. The monoisotopic (exact) mass is 295 g/mol. The van der Waals surface area contributed by atoms with Gasteiger partial charge in [-0.15, -0.1) is 0 Å². The molecule has 19 heavy (non-hydrogen) atoms. The van der Waals surface area contributed by atoms with Crippen molar-refractivity contribution in [2.45, 2.75) is 13.5 Å². The Morgan fingerprint density at radius 2 is 1.74 bits per heavy atom. The van der Waals surface area contributed by atoms with Crippen molar-refractivity contribution in [3.05, 3.63) is 58.1 Å². The van der Waals surface area contributed by atoms with E-state index in [2.05, 4.69) is 12.2 Å². The molecule has 0 aliphatic heterocycles. The van der Waals surface area contributed by atoms with E-state index in [-0.39, 0.29) is 0 Å². The van der Waals surface area contributed by atoms with Crippen LogP contribution in [0.2, 0.25) is 10.0 Å². The van der Waals surface area contributed by atoms with E-state index < -0.39 is 0 Å². The third-order valence-corrected chi connectivity index (χ3v) is 3.48. The summed E-state index contributed by atoms with van der Waals surface area (Å²) in [5, 5.41) is 4.20. The Balaban J connectivity index is 2.25. The predicted molar refractivity (Wildman–Crippen MR) is 80.4 cm³/mol. The zero-order chi connectivity index (χ0) is 13.7. The molecular formula is C15H15Cl2NO. The molecule has 2 aromatic rings. The second-order valence-corrected chi connectivity index (χ2v) is 4.83. The van der Waals surface area contributed by atoms with Gasteiger partial charge in [-0.25, -0.2) is 0 Å². The molecule has 0 aromatic heterocycles. The van der Waals surface area contributed by atoms with Crippen molar-refractivity contribution < 1.29 is 4.74 Å². The molecule has 0 bridgehead atoms. The summed E-state index contributed by atoms with van der Waals surface area (Å²) in [5.74, 6) is 1.35. The Kier molecular flexibility index (Phi) is 5.08. The third-order valence-electron chi connectivity index (χ3n) is 2.67. The fourth-order valence-electron chi connectivity index (χ4n) is 1.69. The van der Waals surface area contributed by atoms with Gasteiger partial charge in [-0.05, 0) is 24.7 Å². The van der Waals surface area contributed by atoms with Gasteiger partial charge in [0.2, 0.25) is 0 Å². The largest absolute Gasteiger partial charge is 0.455 e. The Morgan fingerprint density at radius 3 is 2.53 bits per heavy atom. The second kappa shape index (κ2) is 6.80. The van der Waals surface area contributed by atoms with Crippen molar-refractivity contribution in [2.75, 3.05) is 6.54 Å². The molecule has 2 aromatic carbocycles. The Hall–Kier alpha value is -1.22. The number of ether oxygens (including phenoxy) is 1. The maximum atomic E-state index is 6.13. The van der Waals surface area contributed by atoms with Crippen molar-refractivity contribution >= 4 is 23.2 Å². The quantitative estimate of drug-likeness (QED) is 0.847. The highest BCUT2D eigenvalue weighted by Crippen LogP contribution is 2.35. The molecule has 0 aliphatic carbocycles. The number of hydrogen-bond donors (Lipinski definition) is 1. The molecule has 0 radical (unpaired) electrons. The molecule has 0 unspecified atom stereocenters. The average Bonchev–Trinajstić information content (AvgIpc) is 2.43. The van der Waals surface area contributed by atoms with Gasteiger partial charge in [0.1, 0.15) is 16.5 Å². The van der Waals surface area contributed by atoms with E-state index in [1.165, 1.54) is 0 Å². The maximum absolute atomic E-state index is 6.13. The molecule has 2 rings (SSSR count). The third kappa shape index (κ3) is 3.63. The fourth-order valence-corrected chi connectivity index (χ4v) is 2.02. The first kappa shape index (κ1) is 14.2. The first-order valence-corrected chi connectivity index (χ1v) is 6.88. The molecule has 0 spiro atoms. The van der Waals surface area contributed by atoms with Crippen molar-refractivity contribution in [2.24, 2.45) is 0 Å². The van der Waals surface area contributed by atoms with Crippen LogP contribution in [0.1, 0.15) is 12.5 Å². The minimum absolute atomic E-state index is 0.433. The minimum atomic E-state index is 0.433. The number of nitrogens with one attached hydrogen (secondary N) is 1. The molecular weight excluding hydrogens is 281 g/mol. The van der Waals surface area contributed by atoms with E-state index in [9.17, 15) is 0 Å². The lowest BCUT2D eigenvalue weighted by molar-refractivity contribution is 0.473. The van der Waals surface area contributed by atoms with E-state index in [0.29, 0.717) is 15.8 Å². The van der Waals surface area contributed by atoms with E-state index >= 15 is 0 Å². The van der Waals surface area contributed by atoms with Crippen LogP contribution in [-0.4, -0.2) is 6.54 Å². The number of halogens is 2. The van der Waals surface area contributed by atoms with E-state index in [4.69, 9.17) is 27.9 Å². The van der Waals surface area contributed by atoms with Gasteiger partial charge in [0.15, 0.2) is 0 Å². The van der Waals surface area contributed by atoms with Gasteiger partial charge in [-0.1, -0.05) is 54.4 Å². The van der Waals surface area contributed by atoms with Gasteiger partial charge in [-0.3, -0.25) is 0 Å². The van der Waals surface area contributed by atoms with Crippen LogP contribution in [0.5, 0.6) is 11.5 Å². The van der Waals surface area contributed by atoms with Crippen LogP contribution in [-0.2, 0) is 6.54 Å². The summed E-state index contributed by atoms with van der Waals surface area (Å²) in [6.45, 7) is 3.73. The van der Waals surface area contributed by atoms with Gasteiger partial charge >= 0.3 is 0 Å². The van der Waals surface area contributed by atoms with Gasteiger partial charge in [0.25, 0.3) is 0 Å². The number of hydrogen-bond acceptors (Lipinski definition) is 2. The highest BCUT2D eigenvalue weighted by Gasteiger charge is 2.09.